The number of rotatable bonds is 7. The third-order valence-electron chi connectivity index (χ3n) is 3.74. The lowest BCUT2D eigenvalue weighted by molar-refractivity contribution is -0.117. The van der Waals surface area contributed by atoms with Crippen molar-refractivity contribution in [3.8, 4) is 22.8 Å². The molecule has 0 aliphatic heterocycles. The average molecular weight is 476 g/mol. The number of carbonyl (C=O) groups is 2. The maximum absolute atomic E-state index is 11.8. The van der Waals surface area contributed by atoms with Crippen LogP contribution in [0.4, 0.5) is 4.79 Å². The van der Waals surface area contributed by atoms with Gasteiger partial charge in [-0.2, -0.15) is 0 Å². The molecule has 0 unspecified atom stereocenters. The van der Waals surface area contributed by atoms with Gasteiger partial charge in [0.15, 0.2) is 11.0 Å². The van der Waals surface area contributed by atoms with Gasteiger partial charge in [-0.1, -0.05) is 39.8 Å². The van der Waals surface area contributed by atoms with Crippen LogP contribution in [0.15, 0.2) is 58.2 Å². The fourth-order valence-corrected chi connectivity index (χ4v) is 3.56. The Balaban J connectivity index is 1.96. The average Bonchev–Trinajstić information content (AvgIpc) is 3.11. The van der Waals surface area contributed by atoms with Crippen LogP contribution in [0.5, 0.6) is 5.75 Å². The number of nitrogens with zero attached hydrogens (tertiary/aromatic N) is 3. The van der Waals surface area contributed by atoms with Crippen LogP contribution < -0.4 is 15.8 Å². The molecule has 0 aliphatic rings. The highest BCUT2D eigenvalue weighted by atomic mass is 79.9. The quantitative estimate of drug-likeness (QED) is 0.506. The van der Waals surface area contributed by atoms with Gasteiger partial charge < -0.3 is 10.5 Å². The standard InChI is InChI=1S/C19H18BrN5O3S/c1-2-28-15-9-7-14(8-10-15)25-17(12-3-5-13(20)6-4-12)23-24-19(25)29-11-16(26)22-18(21)27/h3-10H,2,11H2,1H3,(H3,21,22,26,27). The van der Waals surface area contributed by atoms with Gasteiger partial charge in [0.2, 0.25) is 5.91 Å². The summed E-state index contributed by atoms with van der Waals surface area (Å²) in [6.07, 6.45) is 0. The van der Waals surface area contributed by atoms with Crippen molar-refractivity contribution >= 4 is 39.6 Å². The first-order valence-electron chi connectivity index (χ1n) is 8.64. The summed E-state index contributed by atoms with van der Waals surface area (Å²) in [5.74, 6) is 0.844. The molecule has 3 N–H and O–H groups in total. The first-order valence-corrected chi connectivity index (χ1v) is 10.4. The minimum absolute atomic E-state index is 0.0293. The number of primary amides is 1. The zero-order chi connectivity index (χ0) is 20.8. The largest absolute Gasteiger partial charge is 0.494 e. The fraction of sp³-hybridized carbons (Fsp3) is 0.158. The molecular weight excluding hydrogens is 458 g/mol. The monoisotopic (exact) mass is 475 g/mol. The van der Waals surface area contributed by atoms with Crippen LogP contribution in [0.1, 0.15) is 6.92 Å². The molecule has 10 heteroatoms. The minimum atomic E-state index is -0.890. The summed E-state index contributed by atoms with van der Waals surface area (Å²) in [4.78, 5) is 22.6. The highest BCUT2D eigenvalue weighted by molar-refractivity contribution is 9.10. The van der Waals surface area contributed by atoms with E-state index in [2.05, 4.69) is 26.1 Å². The number of carbonyl (C=O) groups excluding carboxylic acids is 2. The van der Waals surface area contributed by atoms with E-state index in [4.69, 9.17) is 10.5 Å². The summed E-state index contributed by atoms with van der Waals surface area (Å²) in [6.45, 7) is 2.50. The second-order valence-corrected chi connectivity index (χ2v) is 7.63. The molecule has 3 aromatic rings. The summed E-state index contributed by atoms with van der Waals surface area (Å²) in [5.41, 5.74) is 6.66. The van der Waals surface area contributed by atoms with Gasteiger partial charge >= 0.3 is 6.03 Å². The molecule has 1 aromatic heterocycles. The predicted molar refractivity (Wildman–Crippen MR) is 114 cm³/mol. The Bertz CT molecular complexity index is 1010. The molecule has 0 spiro atoms. The molecule has 0 atom stereocenters. The normalized spacial score (nSPS) is 10.6. The lowest BCUT2D eigenvalue weighted by Crippen LogP contribution is -2.36. The van der Waals surface area contributed by atoms with Gasteiger partial charge in [0.25, 0.3) is 0 Å². The minimum Gasteiger partial charge on any atom is -0.494 e. The fourth-order valence-electron chi connectivity index (χ4n) is 2.54. The Hall–Kier alpha value is -2.85. The number of amides is 3. The van der Waals surface area contributed by atoms with Crippen molar-refractivity contribution in [1.82, 2.24) is 20.1 Å². The molecule has 0 radical (unpaired) electrons. The van der Waals surface area contributed by atoms with Crippen LogP contribution in [0.3, 0.4) is 0 Å². The molecule has 29 heavy (non-hydrogen) atoms. The number of nitrogens with two attached hydrogens (primary N) is 1. The number of thioether (sulfide) groups is 1. The van der Waals surface area contributed by atoms with Crippen LogP contribution in [-0.2, 0) is 4.79 Å². The van der Waals surface area contributed by atoms with Gasteiger partial charge in [-0.25, -0.2) is 4.79 Å². The highest BCUT2D eigenvalue weighted by Gasteiger charge is 2.18. The second-order valence-electron chi connectivity index (χ2n) is 5.78. The molecule has 0 aliphatic carbocycles. The number of ether oxygens (including phenoxy) is 1. The van der Waals surface area contributed by atoms with Crippen molar-refractivity contribution in [2.75, 3.05) is 12.4 Å². The number of urea groups is 1. The van der Waals surface area contributed by atoms with Crippen molar-refractivity contribution in [2.24, 2.45) is 5.73 Å². The summed E-state index contributed by atoms with van der Waals surface area (Å²) < 4.78 is 8.30. The Morgan fingerprint density at radius 2 is 1.83 bits per heavy atom. The lowest BCUT2D eigenvalue weighted by atomic mass is 10.2. The van der Waals surface area contributed by atoms with Crippen molar-refractivity contribution < 1.29 is 14.3 Å². The SMILES string of the molecule is CCOc1ccc(-n2c(SCC(=O)NC(N)=O)nnc2-c2ccc(Br)cc2)cc1. The predicted octanol–water partition coefficient (Wildman–Crippen LogP) is 3.38. The summed E-state index contributed by atoms with van der Waals surface area (Å²) >= 11 is 4.58. The van der Waals surface area contributed by atoms with E-state index < -0.39 is 11.9 Å². The van der Waals surface area contributed by atoms with E-state index >= 15 is 0 Å². The van der Waals surface area contributed by atoms with E-state index in [0.717, 1.165) is 33.2 Å². The van der Waals surface area contributed by atoms with E-state index in [1.54, 1.807) is 0 Å². The van der Waals surface area contributed by atoms with E-state index in [1.165, 1.54) is 0 Å². The summed E-state index contributed by atoms with van der Waals surface area (Å²) in [6, 6.07) is 14.3. The van der Waals surface area contributed by atoms with Gasteiger partial charge in [0.05, 0.1) is 12.4 Å². The maximum Gasteiger partial charge on any atom is 0.318 e. The molecule has 1 heterocycles. The van der Waals surface area contributed by atoms with E-state index in [9.17, 15) is 9.59 Å². The third kappa shape index (κ3) is 5.36. The van der Waals surface area contributed by atoms with Crippen LogP contribution >= 0.6 is 27.7 Å². The smallest absolute Gasteiger partial charge is 0.318 e. The van der Waals surface area contributed by atoms with Gasteiger partial charge in [-0.15, -0.1) is 10.2 Å². The molecule has 2 aromatic carbocycles. The zero-order valence-corrected chi connectivity index (χ0v) is 17.9. The van der Waals surface area contributed by atoms with Crippen molar-refractivity contribution in [1.29, 1.82) is 0 Å². The number of hydrogen-bond acceptors (Lipinski definition) is 6. The molecule has 3 amide bonds. The van der Waals surface area contributed by atoms with Gasteiger partial charge in [-0.3, -0.25) is 14.7 Å². The number of aromatic nitrogens is 3. The van der Waals surface area contributed by atoms with Gasteiger partial charge in [0, 0.05) is 15.7 Å². The molecule has 0 saturated heterocycles. The maximum atomic E-state index is 11.8. The first-order chi connectivity index (χ1) is 14.0. The number of benzene rings is 2. The number of nitrogens with one attached hydrogen (secondary N) is 1. The highest BCUT2D eigenvalue weighted by Crippen LogP contribution is 2.29. The van der Waals surface area contributed by atoms with Crippen LogP contribution in [0.25, 0.3) is 17.1 Å². The Morgan fingerprint density at radius 1 is 1.14 bits per heavy atom. The van der Waals surface area contributed by atoms with Crippen molar-refractivity contribution in [2.45, 2.75) is 12.1 Å². The van der Waals surface area contributed by atoms with Crippen molar-refractivity contribution in [3.63, 3.8) is 0 Å². The molecule has 8 nitrogen and oxygen atoms in total. The molecular formula is C19H18BrN5O3S. The Labute approximate surface area is 180 Å². The Morgan fingerprint density at radius 3 is 2.45 bits per heavy atom. The van der Waals surface area contributed by atoms with E-state index in [-0.39, 0.29) is 5.75 Å². The third-order valence-corrected chi connectivity index (χ3v) is 5.19. The van der Waals surface area contributed by atoms with Crippen LogP contribution in [0.2, 0.25) is 0 Å². The molecule has 0 saturated carbocycles. The molecule has 0 fully saturated rings. The summed E-state index contributed by atoms with van der Waals surface area (Å²) in [5, 5.41) is 11.1. The lowest BCUT2D eigenvalue weighted by Gasteiger charge is -2.11. The first kappa shape index (κ1) is 20.9. The second kappa shape index (κ2) is 9.57. The van der Waals surface area contributed by atoms with Gasteiger partial charge in [0.1, 0.15) is 5.75 Å². The van der Waals surface area contributed by atoms with Crippen LogP contribution in [0, 0.1) is 0 Å². The van der Waals surface area contributed by atoms with Crippen LogP contribution in [-0.4, -0.2) is 39.1 Å². The summed E-state index contributed by atoms with van der Waals surface area (Å²) in [7, 11) is 0. The van der Waals surface area contributed by atoms with E-state index in [1.807, 2.05) is 65.3 Å². The number of imide groups is 1. The molecule has 0 bridgehead atoms. The topological polar surface area (TPSA) is 112 Å². The van der Waals surface area contributed by atoms with E-state index in [0.29, 0.717) is 17.6 Å². The number of halogens is 1. The zero-order valence-electron chi connectivity index (χ0n) is 15.5. The van der Waals surface area contributed by atoms with Gasteiger partial charge in [-0.05, 0) is 43.3 Å². The molecule has 150 valence electrons. The number of hydrogen-bond donors (Lipinski definition) is 2. The molecule has 3 rings (SSSR count). The van der Waals surface area contributed by atoms with Crippen molar-refractivity contribution in [3.05, 3.63) is 53.0 Å². The Kier molecular flexibility index (Phi) is 6.89.